The van der Waals surface area contributed by atoms with Gasteiger partial charge in [-0.3, -0.25) is 4.79 Å². The molecular weight excluding hydrogens is 333 g/mol. The molecule has 0 atom stereocenters. The number of rotatable bonds is 5. The highest BCUT2D eigenvalue weighted by molar-refractivity contribution is 5.84. The van der Waals surface area contributed by atoms with Crippen molar-refractivity contribution < 1.29 is 22.7 Å². The Labute approximate surface area is 143 Å². The van der Waals surface area contributed by atoms with Crippen LogP contribution in [0.3, 0.4) is 0 Å². The standard InChI is InChI=1S/C18H17F3N2O2/c1-12-6-5-7-13(2)17(12)25-11-16(24)23-22-10-14-8-3-4-9-15(14)18(19,20)21/h3-10H,11H2,1-2H3,(H,23,24). The molecule has 0 aliphatic carbocycles. The van der Waals surface area contributed by atoms with E-state index in [1.165, 1.54) is 18.2 Å². The molecule has 0 aromatic heterocycles. The summed E-state index contributed by atoms with van der Waals surface area (Å²) in [4.78, 5) is 11.7. The second-order valence-corrected chi connectivity index (χ2v) is 5.39. The number of nitrogens with one attached hydrogen (secondary N) is 1. The number of benzene rings is 2. The number of hydrogen-bond acceptors (Lipinski definition) is 3. The van der Waals surface area contributed by atoms with Crippen LogP contribution in [-0.2, 0) is 11.0 Å². The summed E-state index contributed by atoms with van der Waals surface area (Å²) in [7, 11) is 0. The van der Waals surface area contributed by atoms with Crippen molar-refractivity contribution in [3.8, 4) is 5.75 Å². The zero-order valence-electron chi connectivity index (χ0n) is 13.7. The quantitative estimate of drug-likeness (QED) is 0.658. The fraction of sp³-hybridized carbons (Fsp3) is 0.222. The molecule has 1 amide bonds. The van der Waals surface area contributed by atoms with Gasteiger partial charge < -0.3 is 4.74 Å². The van der Waals surface area contributed by atoms with Crippen molar-refractivity contribution in [2.45, 2.75) is 20.0 Å². The highest BCUT2D eigenvalue weighted by Crippen LogP contribution is 2.31. The van der Waals surface area contributed by atoms with Crippen LogP contribution in [0, 0.1) is 13.8 Å². The van der Waals surface area contributed by atoms with Crippen LogP contribution in [0.1, 0.15) is 22.3 Å². The number of carbonyl (C=O) groups is 1. The number of amides is 1. The fourth-order valence-electron chi connectivity index (χ4n) is 2.24. The van der Waals surface area contributed by atoms with E-state index < -0.39 is 17.6 Å². The van der Waals surface area contributed by atoms with E-state index in [2.05, 4.69) is 10.5 Å². The maximum atomic E-state index is 12.8. The van der Waals surface area contributed by atoms with E-state index >= 15 is 0 Å². The van der Waals surface area contributed by atoms with Gasteiger partial charge in [0.15, 0.2) is 6.61 Å². The second kappa shape index (κ2) is 7.83. The largest absolute Gasteiger partial charge is 0.483 e. The minimum Gasteiger partial charge on any atom is -0.483 e. The van der Waals surface area contributed by atoms with Crippen molar-refractivity contribution in [3.63, 3.8) is 0 Å². The van der Waals surface area contributed by atoms with Gasteiger partial charge >= 0.3 is 6.18 Å². The van der Waals surface area contributed by atoms with Gasteiger partial charge in [0.1, 0.15) is 5.75 Å². The fourth-order valence-corrected chi connectivity index (χ4v) is 2.24. The van der Waals surface area contributed by atoms with E-state index in [1.807, 2.05) is 32.0 Å². The van der Waals surface area contributed by atoms with Crippen molar-refractivity contribution in [2.75, 3.05) is 6.61 Å². The molecule has 0 heterocycles. The van der Waals surface area contributed by atoms with Crippen LogP contribution in [0.5, 0.6) is 5.75 Å². The Morgan fingerprint density at radius 2 is 1.76 bits per heavy atom. The van der Waals surface area contributed by atoms with Crippen LogP contribution in [0.25, 0.3) is 0 Å². The maximum Gasteiger partial charge on any atom is 0.417 e. The Morgan fingerprint density at radius 3 is 2.40 bits per heavy atom. The molecule has 132 valence electrons. The van der Waals surface area contributed by atoms with Crippen LogP contribution in [0.2, 0.25) is 0 Å². The molecule has 0 bridgehead atoms. The number of carbonyl (C=O) groups excluding carboxylic acids is 1. The highest BCUT2D eigenvalue weighted by atomic mass is 19.4. The third-order valence-corrected chi connectivity index (χ3v) is 3.42. The zero-order valence-corrected chi connectivity index (χ0v) is 13.7. The van der Waals surface area contributed by atoms with Crippen LogP contribution in [-0.4, -0.2) is 18.7 Å². The maximum absolute atomic E-state index is 12.8. The first-order valence-electron chi connectivity index (χ1n) is 7.46. The Bertz CT molecular complexity index is 766. The molecule has 7 heteroatoms. The first-order valence-corrected chi connectivity index (χ1v) is 7.46. The molecule has 4 nitrogen and oxygen atoms in total. The normalized spacial score (nSPS) is 11.6. The molecule has 25 heavy (non-hydrogen) atoms. The SMILES string of the molecule is Cc1cccc(C)c1OCC(=O)NN=Cc1ccccc1C(F)(F)F. The monoisotopic (exact) mass is 350 g/mol. The van der Waals surface area contributed by atoms with Gasteiger partial charge in [-0.05, 0) is 31.0 Å². The first kappa shape index (κ1) is 18.5. The van der Waals surface area contributed by atoms with E-state index in [0.29, 0.717) is 5.75 Å². The topological polar surface area (TPSA) is 50.7 Å². The van der Waals surface area contributed by atoms with Crippen molar-refractivity contribution in [3.05, 3.63) is 64.7 Å². The van der Waals surface area contributed by atoms with Gasteiger partial charge in [0.2, 0.25) is 0 Å². The number of hydrogen-bond donors (Lipinski definition) is 1. The summed E-state index contributed by atoms with van der Waals surface area (Å²) in [6.07, 6.45) is -3.53. The van der Waals surface area contributed by atoms with E-state index in [0.717, 1.165) is 23.4 Å². The van der Waals surface area contributed by atoms with Crippen molar-refractivity contribution in [2.24, 2.45) is 5.10 Å². The number of halogens is 3. The molecule has 0 saturated carbocycles. The third-order valence-electron chi connectivity index (χ3n) is 3.42. The number of ether oxygens (including phenoxy) is 1. The highest BCUT2D eigenvalue weighted by Gasteiger charge is 2.32. The molecule has 0 aliphatic heterocycles. The lowest BCUT2D eigenvalue weighted by Gasteiger charge is -2.11. The van der Waals surface area contributed by atoms with E-state index in [1.54, 1.807) is 0 Å². The molecule has 0 radical (unpaired) electrons. The van der Waals surface area contributed by atoms with E-state index in [4.69, 9.17) is 4.74 Å². The van der Waals surface area contributed by atoms with Crippen LogP contribution < -0.4 is 10.2 Å². The van der Waals surface area contributed by atoms with Gasteiger partial charge in [-0.15, -0.1) is 0 Å². The zero-order chi connectivity index (χ0) is 18.4. The van der Waals surface area contributed by atoms with Crippen molar-refractivity contribution >= 4 is 12.1 Å². The molecule has 2 aromatic carbocycles. The number of hydrazone groups is 1. The summed E-state index contributed by atoms with van der Waals surface area (Å²) in [6, 6.07) is 10.6. The Balaban J connectivity index is 1.96. The van der Waals surface area contributed by atoms with Gasteiger partial charge in [0.25, 0.3) is 5.91 Å². The van der Waals surface area contributed by atoms with Crippen LogP contribution in [0.15, 0.2) is 47.6 Å². The average Bonchev–Trinajstić information content (AvgIpc) is 2.54. The van der Waals surface area contributed by atoms with Gasteiger partial charge in [0, 0.05) is 5.56 Å². The molecular formula is C18H17F3N2O2. The van der Waals surface area contributed by atoms with Crippen molar-refractivity contribution in [1.29, 1.82) is 0 Å². The smallest absolute Gasteiger partial charge is 0.417 e. The Hall–Kier alpha value is -2.83. The Kier molecular flexibility index (Phi) is 5.80. The van der Waals surface area contributed by atoms with E-state index in [9.17, 15) is 18.0 Å². The van der Waals surface area contributed by atoms with Gasteiger partial charge in [-0.2, -0.15) is 18.3 Å². The number of para-hydroxylation sites is 1. The lowest BCUT2D eigenvalue weighted by molar-refractivity contribution is -0.137. The molecule has 2 rings (SSSR count). The number of aryl methyl sites for hydroxylation is 2. The molecule has 0 saturated heterocycles. The summed E-state index contributed by atoms with van der Waals surface area (Å²) >= 11 is 0. The minimum atomic E-state index is -4.49. The molecule has 0 aliphatic rings. The molecule has 0 fully saturated rings. The summed E-state index contributed by atoms with van der Waals surface area (Å²) < 4.78 is 44.0. The first-order chi connectivity index (χ1) is 11.8. The lowest BCUT2D eigenvalue weighted by atomic mass is 10.1. The Morgan fingerprint density at radius 1 is 1.12 bits per heavy atom. The summed E-state index contributed by atoms with van der Waals surface area (Å²) in [5.41, 5.74) is 2.97. The van der Waals surface area contributed by atoms with Crippen LogP contribution in [0.4, 0.5) is 13.2 Å². The predicted octanol–water partition coefficient (Wildman–Crippen LogP) is 3.85. The van der Waals surface area contributed by atoms with Gasteiger partial charge in [-0.25, -0.2) is 5.43 Å². The number of alkyl halides is 3. The molecule has 0 unspecified atom stereocenters. The summed E-state index contributed by atoms with van der Waals surface area (Å²) in [5, 5.41) is 3.57. The molecule has 1 N–H and O–H groups in total. The average molecular weight is 350 g/mol. The second-order valence-electron chi connectivity index (χ2n) is 5.39. The molecule has 0 spiro atoms. The van der Waals surface area contributed by atoms with Crippen LogP contribution >= 0.6 is 0 Å². The lowest BCUT2D eigenvalue weighted by Crippen LogP contribution is -2.25. The third kappa shape index (κ3) is 5.07. The van der Waals surface area contributed by atoms with Crippen molar-refractivity contribution in [1.82, 2.24) is 5.43 Å². The molecule has 2 aromatic rings. The summed E-state index contributed by atoms with van der Waals surface area (Å²) in [6.45, 7) is 3.42. The minimum absolute atomic E-state index is 0.133. The van der Waals surface area contributed by atoms with Gasteiger partial charge in [0.05, 0.1) is 11.8 Å². The number of nitrogens with zero attached hydrogens (tertiary/aromatic N) is 1. The predicted molar refractivity (Wildman–Crippen MR) is 88.6 cm³/mol. The van der Waals surface area contributed by atoms with Gasteiger partial charge in [-0.1, -0.05) is 36.4 Å². The van der Waals surface area contributed by atoms with E-state index in [-0.39, 0.29) is 12.2 Å². The summed E-state index contributed by atoms with van der Waals surface area (Å²) in [5.74, 6) is 0.0347.